The molecule has 0 aliphatic carbocycles. The van der Waals surface area contributed by atoms with Gasteiger partial charge in [-0.2, -0.15) is 0 Å². The Morgan fingerprint density at radius 3 is 2.35 bits per heavy atom. The van der Waals surface area contributed by atoms with Crippen LogP contribution in [-0.2, 0) is 6.54 Å². The number of aromatic hydroxyl groups is 2. The monoisotopic (exact) mass is 249 g/mol. The topological polar surface area (TPSA) is 52.5 Å². The number of hydrogen-bond acceptors (Lipinski definition) is 3. The van der Waals surface area contributed by atoms with Gasteiger partial charge in [0.2, 0.25) is 0 Å². The second-order valence-electron chi connectivity index (χ2n) is 3.69. The van der Waals surface area contributed by atoms with Gasteiger partial charge in [0.05, 0.1) is 5.02 Å². The molecule has 2 rings (SSSR count). The van der Waals surface area contributed by atoms with Crippen molar-refractivity contribution >= 4 is 17.3 Å². The second-order valence-corrected chi connectivity index (χ2v) is 4.09. The van der Waals surface area contributed by atoms with E-state index in [1.807, 2.05) is 0 Å². The van der Waals surface area contributed by atoms with Crippen molar-refractivity contribution in [2.75, 3.05) is 5.32 Å². The van der Waals surface area contributed by atoms with Crippen LogP contribution in [0, 0.1) is 0 Å². The van der Waals surface area contributed by atoms with Gasteiger partial charge in [0, 0.05) is 12.2 Å². The molecule has 0 unspecified atom stereocenters. The first kappa shape index (κ1) is 11.6. The minimum Gasteiger partial charge on any atom is -0.508 e. The number of phenols is 2. The summed E-state index contributed by atoms with van der Waals surface area (Å²) in [7, 11) is 0. The van der Waals surface area contributed by atoms with Gasteiger partial charge in [0.25, 0.3) is 0 Å². The Bertz CT molecular complexity index is 511. The third kappa shape index (κ3) is 3.04. The summed E-state index contributed by atoms with van der Waals surface area (Å²) in [6.07, 6.45) is 0. The molecule has 0 aliphatic heterocycles. The van der Waals surface area contributed by atoms with Crippen molar-refractivity contribution in [1.29, 1.82) is 0 Å². The first-order chi connectivity index (χ1) is 8.15. The van der Waals surface area contributed by atoms with Crippen molar-refractivity contribution in [2.45, 2.75) is 6.54 Å². The lowest BCUT2D eigenvalue weighted by Crippen LogP contribution is -1.98. The molecule has 0 aliphatic rings. The predicted molar refractivity (Wildman–Crippen MR) is 68.6 cm³/mol. The summed E-state index contributed by atoms with van der Waals surface area (Å²) in [6, 6.07) is 11.9. The summed E-state index contributed by atoms with van der Waals surface area (Å²) < 4.78 is 0. The van der Waals surface area contributed by atoms with E-state index in [1.54, 1.807) is 42.5 Å². The van der Waals surface area contributed by atoms with E-state index in [0.717, 1.165) is 11.3 Å². The number of benzene rings is 2. The number of hydrogen-bond donors (Lipinski definition) is 3. The van der Waals surface area contributed by atoms with Crippen LogP contribution in [0.5, 0.6) is 11.5 Å². The van der Waals surface area contributed by atoms with Crippen molar-refractivity contribution in [3.05, 3.63) is 53.1 Å². The molecular formula is C13H12ClNO2. The van der Waals surface area contributed by atoms with Crippen LogP contribution in [0.3, 0.4) is 0 Å². The van der Waals surface area contributed by atoms with E-state index in [-0.39, 0.29) is 11.5 Å². The maximum Gasteiger partial charge on any atom is 0.134 e. The van der Waals surface area contributed by atoms with Crippen molar-refractivity contribution in [3.8, 4) is 11.5 Å². The fourth-order valence-electron chi connectivity index (χ4n) is 1.44. The molecule has 4 heteroatoms. The van der Waals surface area contributed by atoms with Crippen LogP contribution < -0.4 is 5.32 Å². The molecular weight excluding hydrogens is 238 g/mol. The van der Waals surface area contributed by atoms with Gasteiger partial charge in [-0.25, -0.2) is 0 Å². The standard InChI is InChI=1S/C13H12ClNO2/c14-12-7-9(1-6-13(12)17)8-15-10-2-4-11(16)5-3-10/h1-7,15-17H,8H2. The molecule has 88 valence electrons. The van der Waals surface area contributed by atoms with Crippen molar-refractivity contribution in [1.82, 2.24) is 0 Å². The fraction of sp³-hybridized carbons (Fsp3) is 0.0769. The molecule has 0 atom stereocenters. The lowest BCUT2D eigenvalue weighted by atomic mass is 10.2. The van der Waals surface area contributed by atoms with Crippen molar-refractivity contribution in [3.63, 3.8) is 0 Å². The van der Waals surface area contributed by atoms with Crippen LogP contribution in [0.15, 0.2) is 42.5 Å². The average molecular weight is 250 g/mol. The lowest BCUT2D eigenvalue weighted by Gasteiger charge is -2.07. The summed E-state index contributed by atoms with van der Waals surface area (Å²) in [5, 5.41) is 21.9. The number of anilines is 1. The van der Waals surface area contributed by atoms with Crippen LogP contribution in [0.1, 0.15) is 5.56 Å². The summed E-state index contributed by atoms with van der Waals surface area (Å²) in [6.45, 7) is 0.602. The molecule has 0 heterocycles. The van der Waals surface area contributed by atoms with Gasteiger partial charge in [-0.1, -0.05) is 17.7 Å². The van der Waals surface area contributed by atoms with Gasteiger partial charge < -0.3 is 15.5 Å². The van der Waals surface area contributed by atoms with E-state index >= 15 is 0 Å². The highest BCUT2D eigenvalue weighted by Gasteiger charge is 2.00. The molecule has 0 saturated carbocycles. The molecule has 3 nitrogen and oxygen atoms in total. The highest BCUT2D eigenvalue weighted by molar-refractivity contribution is 6.32. The normalized spacial score (nSPS) is 10.2. The second kappa shape index (κ2) is 4.97. The van der Waals surface area contributed by atoms with Crippen molar-refractivity contribution in [2.24, 2.45) is 0 Å². The first-order valence-corrected chi connectivity index (χ1v) is 5.53. The van der Waals surface area contributed by atoms with Gasteiger partial charge in [0.15, 0.2) is 0 Å². The molecule has 3 N–H and O–H groups in total. The fourth-order valence-corrected chi connectivity index (χ4v) is 1.65. The maximum absolute atomic E-state index is 9.28. The molecule has 0 saturated heterocycles. The predicted octanol–water partition coefficient (Wildman–Crippen LogP) is 3.36. The number of halogens is 1. The molecule has 2 aromatic carbocycles. The third-order valence-corrected chi connectivity index (χ3v) is 2.68. The van der Waals surface area contributed by atoms with E-state index in [9.17, 15) is 5.11 Å². The number of rotatable bonds is 3. The van der Waals surface area contributed by atoms with Crippen molar-refractivity contribution < 1.29 is 10.2 Å². The molecule has 0 bridgehead atoms. The Hall–Kier alpha value is -1.87. The maximum atomic E-state index is 9.28. The van der Waals surface area contributed by atoms with Gasteiger partial charge in [-0.15, -0.1) is 0 Å². The quantitative estimate of drug-likeness (QED) is 0.731. The Morgan fingerprint density at radius 2 is 1.71 bits per heavy atom. The Labute approximate surface area is 104 Å². The van der Waals surface area contributed by atoms with Gasteiger partial charge in [0.1, 0.15) is 11.5 Å². The Morgan fingerprint density at radius 1 is 1.00 bits per heavy atom. The first-order valence-electron chi connectivity index (χ1n) is 5.15. The zero-order valence-corrected chi connectivity index (χ0v) is 9.78. The summed E-state index contributed by atoms with van der Waals surface area (Å²) in [4.78, 5) is 0. The lowest BCUT2D eigenvalue weighted by molar-refractivity contribution is 0.474. The van der Waals surface area contributed by atoms with E-state index < -0.39 is 0 Å². The highest BCUT2D eigenvalue weighted by atomic mass is 35.5. The molecule has 0 spiro atoms. The van der Waals surface area contributed by atoms with E-state index in [1.165, 1.54) is 0 Å². The molecule has 17 heavy (non-hydrogen) atoms. The largest absolute Gasteiger partial charge is 0.508 e. The Kier molecular flexibility index (Phi) is 3.40. The van der Waals surface area contributed by atoms with E-state index in [0.29, 0.717) is 11.6 Å². The Balaban J connectivity index is 2.02. The van der Waals surface area contributed by atoms with Gasteiger partial charge in [-0.3, -0.25) is 0 Å². The molecule has 0 aromatic heterocycles. The zero-order valence-electron chi connectivity index (χ0n) is 9.02. The van der Waals surface area contributed by atoms with Crippen LogP contribution >= 0.6 is 11.6 Å². The summed E-state index contributed by atoms with van der Waals surface area (Å²) in [5.74, 6) is 0.322. The van der Waals surface area contributed by atoms with E-state index in [4.69, 9.17) is 16.7 Å². The van der Waals surface area contributed by atoms with E-state index in [2.05, 4.69) is 5.32 Å². The molecule has 0 radical (unpaired) electrons. The smallest absolute Gasteiger partial charge is 0.134 e. The van der Waals surface area contributed by atoms with Crippen LogP contribution in [0.4, 0.5) is 5.69 Å². The minimum atomic E-state index is 0.0834. The van der Waals surface area contributed by atoms with Gasteiger partial charge in [-0.05, 0) is 42.0 Å². The summed E-state index contributed by atoms with van der Waals surface area (Å²) in [5.41, 5.74) is 1.88. The average Bonchev–Trinajstić information content (AvgIpc) is 2.33. The zero-order chi connectivity index (χ0) is 12.3. The molecule has 0 fully saturated rings. The molecule has 0 amide bonds. The number of phenolic OH excluding ortho intramolecular Hbond substituents is 2. The number of nitrogens with one attached hydrogen (secondary N) is 1. The van der Waals surface area contributed by atoms with Gasteiger partial charge >= 0.3 is 0 Å². The highest BCUT2D eigenvalue weighted by Crippen LogP contribution is 2.24. The molecule has 2 aromatic rings. The minimum absolute atomic E-state index is 0.0834. The van der Waals surface area contributed by atoms with Crippen LogP contribution in [-0.4, -0.2) is 10.2 Å². The summed E-state index contributed by atoms with van der Waals surface area (Å²) >= 11 is 5.81. The van der Waals surface area contributed by atoms with Crippen LogP contribution in [0.2, 0.25) is 5.02 Å². The SMILES string of the molecule is Oc1ccc(NCc2ccc(O)c(Cl)c2)cc1. The van der Waals surface area contributed by atoms with Crippen LogP contribution in [0.25, 0.3) is 0 Å². The third-order valence-electron chi connectivity index (χ3n) is 2.38.